The first kappa shape index (κ1) is 11.4. The van der Waals surface area contributed by atoms with Crippen molar-refractivity contribution in [3.8, 4) is 0 Å². The van der Waals surface area contributed by atoms with Crippen molar-refractivity contribution in [2.75, 3.05) is 32.8 Å². The van der Waals surface area contributed by atoms with Gasteiger partial charge in [0, 0.05) is 31.7 Å². The van der Waals surface area contributed by atoms with Crippen LogP contribution in [0.5, 0.6) is 0 Å². The third kappa shape index (κ3) is 2.92. The Kier molecular flexibility index (Phi) is 3.33. The van der Waals surface area contributed by atoms with E-state index in [0.29, 0.717) is 17.4 Å². The Morgan fingerprint density at radius 2 is 2.27 bits per heavy atom. The van der Waals surface area contributed by atoms with Crippen LogP contribution in [0.3, 0.4) is 0 Å². The van der Waals surface area contributed by atoms with Crippen LogP contribution in [0.1, 0.15) is 26.7 Å². The highest BCUT2D eigenvalue weighted by atomic mass is 16.5. The van der Waals surface area contributed by atoms with Gasteiger partial charge in [-0.1, -0.05) is 13.8 Å². The molecule has 15 heavy (non-hydrogen) atoms. The third-order valence-corrected chi connectivity index (χ3v) is 3.78. The summed E-state index contributed by atoms with van der Waals surface area (Å²) in [5.74, 6) is 0.549. The Morgan fingerprint density at radius 1 is 1.47 bits per heavy atom. The number of nitrogens with two attached hydrogens (primary N) is 1. The number of nitrogens with zero attached hydrogens (tertiary/aromatic N) is 1. The molecular weight excluding hydrogens is 188 g/mol. The average molecular weight is 212 g/mol. The van der Waals surface area contributed by atoms with Crippen LogP contribution in [0, 0.1) is 11.3 Å². The van der Waals surface area contributed by atoms with Gasteiger partial charge >= 0.3 is 0 Å². The average Bonchev–Trinajstić information content (AvgIpc) is 2.50. The van der Waals surface area contributed by atoms with Crippen LogP contribution in [0.2, 0.25) is 0 Å². The van der Waals surface area contributed by atoms with Crippen molar-refractivity contribution >= 4 is 0 Å². The van der Waals surface area contributed by atoms with E-state index in [0.717, 1.165) is 26.2 Å². The van der Waals surface area contributed by atoms with E-state index in [1.807, 2.05) is 0 Å². The molecule has 0 aromatic heterocycles. The van der Waals surface area contributed by atoms with Crippen LogP contribution in [-0.4, -0.2) is 43.8 Å². The van der Waals surface area contributed by atoms with Gasteiger partial charge in [-0.25, -0.2) is 0 Å². The van der Waals surface area contributed by atoms with E-state index in [4.69, 9.17) is 10.5 Å². The van der Waals surface area contributed by atoms with Gasteiger partial charge in [0.2, 0.25) is 0 Å². The molecule has 0 radical (unpaired) electrons. The van der Waals surface area contributed by atoms with Crippen molar-refractivity contribution in [3.05, 3.63) is 0 Å². The zero-order valence-corrected chi connectivity index (χ0v) is 10.0. The first-order chi connectivity index (χ1) is 7.07. The van der Waals surface area contributed by atoms with Gasteiger partial charge in [0.05, 0.1) is 6.61 Å². The van der Waals surface area contributed by atoms with Crippen LogP contribution in [0.25, 0.3) is 0 Å². The summed E-state index contributed by atoms with van der Waals surface area (Å²) in [5.41, 5.74) is 6.62. The lowest BCUT2D eigenvalue weighted by Crippen LogP contribution is -2.44. The molecule has 2 saturated heterocycles. The standard InChI is InChI=1S/C12H24N2O/c1-12(2)4-5-14(9-12)7-10-8-15-6-3-11(10)13/h10-11H,3-9,13H2,1-2H3. The lowest BCUT2D eigenvalue weighted by Gasteiger charge is -2.32. The molecule has 2 rings (SSSR count). The summed E-state index contributed by atoms with van der Waals surface area (Å²) < 4.78 is 5.51. The molecule has 2 fully saturated rings. The monoisotopic (exact) mass is 212 g/mol. The summed E-state index contributed by atoms with van der Waals surface area (Å²) in [6.45, 7) is 9.99. The summed E-state index contributed by atoms with van der Waals surface area (Å²) in [6, 6.07) is 0.350. The molecule has 0 aliphatic carbocycles. The van der Waals surface area contributed by atoms with E-state index < -0.39 is 0 Å². The first-order valence-electron chi connectivity index (χ1n) is 6.12. The van der Waals surface area contributed by atoms with E-state index in [1.54, 1.807) is 0 Å². The van der Waals surface area contributed by atoms with E-state index in [9.17, 15) is 0 Å². The fourth-order valence-corrected chi connectivity index (χ4v) is 2.71. The molecular formula is C12H24N2O. The normalized spacial score (nSPS) is 37.0. The second kappa shape index (κ2) is 4.40. The summed E-state index contributed by atoms with van der Waals surface area (Å²) in [5, 5.41) is 0. The Labute approximate surface area is 93.0 Å². The molecule has 0 aromatic rings. The van der Waals surface area contributed by atoms with Crippen molar-refractivity contribution in [3.63, 3.8) is 0 Å². The first-order valence-corrected chi connectivity index (χ1v) is 6.12. The molecule has 0 aromatic carbocycles. The van der Waals surface area contributed by atoms with Crippen LogP contribution in [0.4, 0.5) is 0 Å². The van der Waals surface area contributed by atoms with Crippen molar-refractivity contribution in [2.24, 2.45) is 17.1 Å². The third-order valence-electron chi connectivity index (χ3n) is 3.78. The SMILES string of the molecule is CC1(C)CCN(CC2COCCC2N)C1. The van der Waals surface area contributed by atoms with Gasteiger partial charge in [0.15, 0.2) is 0 Å². The summed E-state index contributed by atoms with van der Waals surface area (Å²) >= 11 is 0. The molecule has 3 heteroatoms. The zero-order chi connectivity index (χ0) is 10.9. The lowest BCUT2D eigenvalue weighted by atomic mass is 9.93. The number of rotatable bonds is 2. The van der Waals surface area contributed by atoms with Gasteiger partial charge in [0.25, 0.3) is 0 Å². The zero-order valence-electron chi connectivity index (χ0n) is 10.0. The van der Waals surface area contributed by atoms with Gasteiger partial charge < -0.3 is 15.4 Å². The molecule has 2 aliphatic heterocycles. The predicted molar refractivity (Wildman–Crippen MR) is 61.7 cm³/mol. The van der Waals surface area contributed by atoms with Crippen molar-refractivity contribution < 1.29 is 4.74 Å². The predicted octanol–water partition coefficient (Wildman–Crippen LogP) is 1.08. The number of hydrogen-bond acceptors (Lipinski definition) is 3. The Hall–Kier alpha value is -0.120. The number of ether oxygens (including phenoxy) is 1. The fraction of sp³-hybridized carbons (Fsp3) is 1.00. The molecule has 2 unspecified atom stereocenters. The van der Waals surface area contributed by atoms with Crippen molar-refractivity contribution in [1.82, 2.24) is 4.90 Å². The highest BCUT2D eigenvalue weighted by Gasteiger charge is 2.32. The van der Waals surface area contributed by atoms with Gasteiger partial charge in [-0.05, 0) is 24.8 Å². The van der Waals surface area contributed by atoms with Crippen LogP contribution in [0.15, 0.2) is 0 Å². The molecule has 2 N–H and O–H groups in total. The molecule has 2 heterocycles. The molecule has 88 valence electrons. The minimum atomic E-state index is 0.350. The maximum atomic E-state index is 6.12. The lowest BCUT2D eigenvalue weighted by molar-refractivity contribution is 0.0281. The molecule has 0 spiro atoms. The maximum Gasteiger partial charge on any atom is 0.0521 e. The van der Waals surface area contributed by atoms with Crippen LogP contribution in [-0.2, 0) is 4.74 Å². The van der Waals surface area contributed by atoms with E-state index in [1.165, 1.54) is 19.5 Å². The molecule has 0 amide bonds. The highest BCUT2D eigenvalue weighted by Crippen LogP contribution is 2.29. The van der Waals surface area contributed by atoms with Crippen LogP contribution >= 0.6 is 0 Å². The van der Waals surface area contributed by atoms with Crippen molar-refractivity contribution in [2.45, 2.75) is 32.7 Å². The quantitative estimate of drug-likeness (QED) is 0.744. The maximum absolute atomic E-state index is 6.12. The van der Waals surface area contributed by atoms with Gasteiger partial charge in [-0.3, -0.25) is 0 Å². The number of hydrogen-bond donors (Lipinski definition) is 1. The molecule has 0 saturated carbocycles. The summed E-state index contributed by atoms with van der Waals surface area (Å²) in [4.78, 5) is 2.55. The molecule has 3 nitrogen and oxygen atoms in total. The van der Waals surface area contributed by atoms with Gasteiger partial charge in [-0.2, -0.15) is 0 Å². The minimum Gasteiger partial charge on any atom is -0.381 e. The van der Waals surface area contributed by atoms with E-state index in [2.05, 4.69) is 18.7 Å². The van der Waals surface area contributed by atoms with Gasteiger partial charge in [0.1, 0.15) is 0 Å². The summed E-state index contributed by atoms with van der Waals surface area (Å²) in [7, 11) is 0. The molecule has 0 bridgehead atoms. The second-order valence-corrected chi connectivity index (χ2v) is 5.94. The van der Waals surface area contributed by atoms with Crippen molar-refractivity contribution in [1.29, 1.82) is 0 Å². The minimum absolute atomic E-state index is 0.350. The molecule has 2 atom stereocenters. The Morgan fingerprint density at radius 3 is 2.87 bits per heavy atom. The van der Waals surface area contributed by atoms with E-state index >= 15 is 0 Å². The fourth-order valence-electron chi connectivity index (χ4n) is 2.71. The van der Waals surface area contributed by atoms with Crippen LogP contribution < -0.4 is 5.73 Å². The smallest absolute Gasteiger partial charge is 0.0521 e. The van der Waals surface area contributed by atoms with E-state index in [-0.39, 0.29) is 0 Å². The Balaban J connectivity index is 1.81. The second-order valence-electron chi connectivity index (χ2n) is 5.94. The highest BCUT2D eigenvalue weighted by molar-refractivity contribution is 4.86. The number of likely N-dealkylation sites (tertiary alicyclic amines) is 1. The topological polar surface area (TPSA) is 38.5 Å². The molecule has 2 aliphatic rings. The van der Waals surface area contributed by atoms with Gasteiger partial charge in [-0.15, -0.1) is 0 Å². The Bertz CT molecular complexity index is 218. The summed E-state index contributed by atoms with van der Waals surface area (Å²) in [6.07, 6.45) is 2.34. The largest absolute Gasteiger partial charge is 0.381 e.